The number of epoxide rings is 2. The number of aryl methyl sites for hydroxylation is 2. The largest absolute Gasteiger partial charge is 0.491 e. The van der Waals surface area contributed by atoms with Crippen LogP contribution in [-0.4, -0.2) is 45.2 Å². The van der Waals surface area contributed by atoms with Crippen molar-refractivity contribution in [2.45, 2.75) is 45.3 Å². The maximum atomic E-state index is 5.87. The zero-order valence-corrected chi connectivity index (χ0v) is 35.8. The van der Waals surface area contributed by atoms with Crippen molar-refractivity contribution in [2.24, 2.45) is 0 Å². The number of thiophene rings is 1. The summed E-state index contributed by atoms with van der Waals surface area (Å²) in [6, 6.07) is 57.4. The van der Waals surface area contributed by atoms with Gasteiger partial charge in [-0.15, -0.1) is 11.3 Å². The first kappa shape index (κ1) is 40.4. The van der Waals surface area contributed by atoms with E-state index in [4.69, 9.17) is 18.9 Å². The van der Waals surface area contributed by atoms with Gasteiger partial charge in [0.15, 0.2) is 0 Å². The summed E-state index contributed by atoms with van der Waals surface area (Å²) < 4.78 is 22.2. The molecule has 3 heterocycles. The van der Waals surface area contributed by atoms with E-state index < -0.39 is 0 Å². The Morgan fingerprint density at radius 3 is 1.31 bits per heavy atom. The standard InChI is InChI=1S/C54H52N2O4S/c1-4-39-6-18-45(19-7-39)55(47-22-10-41(11-23-47)32-33-57-34-51-36-59-51)49-26-14-43(15-27-49)53-30-31-54(61-53)44-16-28-50(29-17-44)56(46-20-8-40(5-2)9-21-46)48-24-12-42(13-25-48)38(3)58-35-52-37-60-52/h6-31,51-52H,3-5,32-37H2,1-2H3. The zero-order valence-electron chi connectivity index (χ0n) is 35.0. The molecule has 2 unspecified atom stereocenters. The van der Waals surface area contributed by atoms with Crippen LogP contribution in [0.1, 0.15) is 36.1 Å². The molecule has 0 saturated carbocycles. The van der Waals surface area contributed by atoms with Crippen LogP contribution in [-0.2, 0) is 38.2 Å². The van der Waals surface area contributed by atoms with E-state index in [2.05, 4.69) is 188 Å². The van der Waals surface area contributed by atoms with E-state index >= 15 is 0 Å². The van der Waals surface area contributed by atoms with Crippen molar-refractivity contribution in [1.29, 1.82) is 0 Å². The van der Waals surface area contributed by atoms with Crippen LogP contribution in [0.15, 0.2) is 164 Å². The van der Waals surface area contributed by atoms with Crippen molar-refractivity contribution in [2.75, 3.05) is 42.8 Å². The molecule has 2 atom stereocenters. The SMILES string of the molecule is C=C(OCC1CO1)c1ccc(N(c2ccc(CC)cc2)c2ccc(-c3ccc(-c4ccc(N(c5ccc(CC)cc5)c5ccc(CCOCC6CO6)cc5)cc4)s3)cc2)cc1. The molecule has 0 amide bonds. The van der Waals surface area contributed by atoms with E-state index in [1.54, 1.807) is 0 Å². The highest BCUT2D eigenvalue weighted by Crippen LogP contribution is 2.41. The van der Waals surface area contributed by atoms with Crippen molar-refractivity contribution in [3.63, 3.8) is 0 Å². The third kappa shape index (κ3) is 9.99. The van der Waals surface area contributed by atoms with Gasteiger partial charge in [-0.3, -0.25) is 0 Å². The second-order valence-electron chi connectivity index (χ2n) is 15.7. The Labute approximate surface area is 364 Å². The van der Waals surface area contributed by atoms with Gasteiger partial charge >= 0.3 is 0 Å². The van der Waals surface area contributed by atoms with Gasteiger partial charge in [-0.1, -0.05) is 81.1 Å². The zero-order chi connectivity index (χ0) is 41.5. The number of benzene rings is 6. The predicted octanol–water partition coefficient (Wildman–Crippen LogP) is 13.5. The molecule has 0 aliphatic carbocycles. The monoisotopic (exact) mass is 824 g/mol. The fraction of sp³-hybridized carbons (Fsp3) is 0.222. The lowest BCUT2D eigenvalue weighted by Gasteiger charge is -2.26. The van der Waals surface area contributed by atoms with Gasteiger partial charge in [0.05, 0.1) is 26.4 Å². The lowest BCUT2D eigenvalue weighted by Crippen LogP contribution is -2.10. The first-order chi connectivity index (χ1) is 30.0. The lowest BCUT2D eigenvalue weighted by atomic mass is 10.1. The summed E-state index contributed by atoms with van der Waals surface area (Å²) in [6.07, 6.45) is 3.38. The maximum Gasteiger partial charge on any atom is 0.119 e. The third-order valence-electron chi connectivity index (χ3n) is 11.4. The van der Waals surface area contributed by atoms with Gasteiger partial charge in [0.2, 0.25) is 0 Å². The van der Waals surface area contributed by atoms with Crippen molar-refractivity contribution in [3.05, 3.63) is 187 Å². The Bertz CT molecular complexity index is 2510. The first-order valence-corrected chi connectivity index (χ1v) is 22.2. The molecule has 2 fully saturated rings. The van der Waals surface area contributed by atoms with Crippen LogP contribution in [0.4, 0.5) is 34.1 Å². The Morgan fingerprint density at radius 1 is 0.525 bits per heavy atom. The summed E-state index contributed by atoms with van der Waals surface area (Å²) in [6.45, 7) is 12.0. The number of anilines is 6. The van der Waals surface area contributed by atoms with Crippen molar-refractivity contribution in [1.82, 2.24) is 0 Å². The normalized spacial score (nSPS) is 15.3. The Kier molecular flexibility index (Phi) is 12.4. The minimum Gasteiger partial charge on any atom is -0.491 e. The molecule has 0 radical (unpaired) electrons. The van der Waals surface area contributed by atoms with Crippen molar-refractivity contribution < 1.29 is 18.9 Å². The highest BCUT2D eigenvalue weighted by atomic mass is 32.1. The highest BCUT2D eigenvalue weighted by Gasteiger charge is 2.24. The molecule has 2 saturated heterocycles. The summed E-state index contributed by atoms with van der Waals surface area (Å²) >= 11 is 1.82. The molecular formula is C54H52N2O4S. The molecule has 6 aromatic carbocycles. The van der Waals surface area contributed by atoms with E-state index in [1.807, 2.05) is 11.3 Å². The first-order valence-electron chi connectivity index (χ1n) is 21.4. The fourth-order valence-electron chi connectivity index (χ4n) is 7.47. The summed E-state index contributed by atoms with van der Waals surface area (Å²) in [5.41, 5.74) is 13.9. The molecule has 2 aliphatic rings. The van der Waals surface area contributed by atoms with E-state index in [9.17, 15) is 0 Å². The second kappa shape index (κ2) is 18.8. The second-order valence-corrected chi connectivity index (χ2v) is 16.7. The Morgan fingerprint density at radius 2 is 0.902 bits per heavy atom. The van der Waals surface area contributed by atoms with Gasteiger partial charge in [0, 0.05) is 49.4 Å². The van der Waals surface area contributed by atoms with Crippen LogP contribution in [0.25, 0.3) is 26.6 Å². The molecular weight excluding hydrogens is 773 g/mol. The number of hydrogen-bond donors (Lipinski definition) is 0. The Balaban J connectivity index is 0.924. The van der Waals surface area contributed by atoms with Crippen LogP contribution < -0.4 is 9.80 Å². The molecule has 7 heteroatoms. The highest BCUT2D eigenvalue weighted by molar-refractivity contribution is 7.18. The number of ether oxygens (including phenoxy) is 4. The minimum absolute atomic E-state index is 0.193. The van der Waals surface area contributed by atoms with E-state index in [-0.39, 0.29) is 6.10 Å². The van der Waals surface area contributed by atoms with Gasteiger partial charge in [-0.2, -0.15) is 0 Å². The van der Waals surface area contributed by atoms with Gasteiger partial charge in [-0.05, 0) is 144 Å². The summed E-state index contributed by atoms with van der Waals surface area (Å²) in [4.78, 5) is 7.10. The van der Waals surface area contributed by atoms with E-state index in [0.29, 0.717) is 31.7 Å². The van der Waals surface area contributed by atoms with Gasteiger partial charge in [0.25, 0.3) is 0 Å². The van der Waals surface area contributed by atoms with Crippen LogP contribution in [0.2, 0.25) is 0 Å². The number of nitrogens with zero attached hydrogens (tertiary/aromatic N) is 2. The predicted molar refractivity (Wildman–Crippen MR) is 252 cm³/mol. The summed E-state index contributed by atoms with van der Waals surface area (Å²) in [5, 5.41) is 0. The van der Waals surface area contributed by atoms with Gasteiger partial charge in [0.1, 0.15) is 24.6 Å². The fourth-order valence-corrected chi connectivity index (χ4v) is 8.49. The molecule has 6 nitrogen and oxygen atoms in total. The molecule has 2 aliphatic heterocycles. The van der Waals surface area contributed by atoms with Gasteiger partial charge in [-0.25, -0.2) is 0 Å². The van der Waals surface area contributed by atoms with E-state index in [0.717, 1.165) is 72.2 Å². The van der Waals surface area contributed by atoms with Crippen molar-refractivity contribution >= 4 is 51.2 Å². The van der Waals surface area contributed by atoms with Crippen LogP contribution in [0.5, 0.6) is 0 Å². The molecule has 7 aromatic rings. The quantitative estimate of drug-likeness (QED) is 0.0460. The van der Waals surface area contributed by atoms with Crippen LogP contribution in [0.3, 0.4) is 0 Å². The molecule has 0 bridgehead atoms. The van der Waals surface area contributed by atoms with Gasteiger partial charge < -0.3 is 28.7 Å². The third-order valence-corrected chi connectivity index (χ3v) is 12.5. The topological polar surface area (TPSA) is 50.0 Å². The average Bonchev–Trinajstić information content (AvgIpc) is 4.27. The van der Waals surface area contributed by atoms with E-state index in [1.165, 1.54) is 37.6 Å². The number of hydrogen-bond acceptors (Lipinski definition) is 7. The number of rotatable bonds is 19. The maximum absolute atomic E-state index is 5.87. The molecule has 308 valence electrons. The molecule has 1 aromatic heterocycles. The average molecular weight is 825 g/mol. The summed E-state index contributed by atoms with van der Waals surface area (Å²) in [7, 11) is 0. The minimum atomic E-state index is 0.193. The smallest absolute Gasteiger partial charge is 0.119 e. The molecule has 61 heavy (non-hydrogen) atoms. The Hall–Kier alpha value is -5.96. The molecule has 9 rings (SSSR count). The molecule has 0 spiro atoms. The van der Waals surface area contributed by atoms with Crippen LogP contribution in [0, 0.1) is 0 Å². The van der Waals surface area contributed by atoms with Crippen molar-refractivity contribution in [3.8, 4) is 20.9 Å². The lowest BCUT2D eigenvalue weighted by molar-refractivity contribution is 0.119. The summed E-state index contributed by atoms with van der Waals surface area (Å²) in [5.74, 6) is 0.662. The molecule has 0 N–H and O–H groups in total. The van der Waals surface area contributed by atoms with Crippen LogP contribution >= 0.6 is 11.3 Å².